The van der Waals surface area contributed by atoms with Crippen molar-refractivity contribution in [1.29, 1.82) is 0 Å². The van der Waals surface area contributed by atoms with E-state index in [4.69, 9.17) is 8.94 Å². The van der Waals surface area contributed by atoms with Crippen LogP contribution in [-0.4, -0.2) is 36.6 Å². The molecule has 1 saturated heterocycles. The molecule has 0 bridgehead atoms. The summed E-state index contributed by atoms with van der Waals surface area (Å²) in [5.74, 6) is 1.69. The van der Waals surface area contributed by atoms with Crippen molar-refractivity contribution in [2.24, 2.45) is 7.05 Å². The quantitative estimate of drug-likeness (QED) is 0.513. The molecule has 1 atom stereocenters. The Bertz CT molecular complexity index is 1110. The van der Waals surface area contributed by atoms with Crippen molar-refractivity contribution in [2.75, 3.05) is 6.54 Å². The number of benzene rings is 1. The molecule has 1 aromatic carbocycles. The first kappa shape index (κ1) is 17.8. The zero-order valence-electron chi connectivity index (χ0n) is 16.4. The van der Waals surface area contributed by atoms with Crippen LogP contribution in [0.5, 0.6) is 0 Å². The molecule has 8 nitrogen and oxygen atoms in total. The van der Waals surface area contributed by atoms with Gasteiger partial charge in [-0.1, -0.05) is 35.5 Å². The maximum absolute atomic E-state index is 6.04. The van der Waals surface area contributed by atoms with E-state index in [0.717, 1.165) is 30.5 Å². The highest BCUT2D eigenvalue weighted by Crippen LogP contribution is 2.35. The topological polar surface area (TPSA) is 86.0 Å². The van der Waals surface area contributed by atoms with Crippen molar-refractivity contribution >= 4 is 0 Å². The number of aromatic nitrogens is 5. The number of hydrogen-bond acceptors (Lipinski definition) is 7. The maximum atomic E-state index is 6.04. The van der Waals surface area contributed by atoms with E-state index in [1.54, 1.807) is 0 Å². The molecule has 1 fully saturated rings. The van der Waals surface area contributed by atoms with Gasteiger partial charge in [0, 0.05) is 30.4 Å². The largest absolute Gasteiger partial charge is 0.419 e. The highest BCUT2D eigenvalue weighted by Gasteiger charge is 2.29. The Morgan fingerprint density at radius 2 is 2.03 bits per heavy atom. The summed E-state index contributed by atoms with van der Waals surface area (Å²) < 4.78 is 13.3. The van der Waals surface area contributed by atoms with Gasteiger partial charge >= 0.3 is 0 Å². The van der Waals surface area contributed by atoms with Crippen molar-refractivity contribution in [3.8, 4) is 22.7 Å². The molecule has 0 amide bonds. The molecule has 1 unspecified atom stereocenters. The van der Waals surface area contributed by atoms with Gasteiger partial charge in [0.1, 0.15) is 17.0 Å². The van der Waals surface area contributed by atoms with Gasteiger partial charge in [-0.15, -0.1) is 10.2 Å². The Labute approximate surface area is 168 Å². The molecule has 0 radical (unpaired) electrons. The van der Waals surface area contributed by atoms with E-state index in [0.29, 0.717) is 35.8 Å². The second-order valence-electron chi connectivity index (χ2n) is 7.41. The molecule has 8 heteroatoms. The molecule has 0 spiro atoms. The van der Waals surface area contributed by atoms with E-state index in [1.165, 1.54) is 5.56 Å². The lowest BCUT2D eigenvalue weighted by molar-refractivity contribution is 0.224. The monoisotopic (exact) mass is 390 g/mol. The lowest BCUT2D eigenvalue weighted by Gasteiger charge is -2.21. The summed E-state index contributed by atoms with van der Waals surface area (Å²) in [6.07, 6.45) is 6.27. The summed E-state index contributed by atoms with van der Waals surface area (Å²) in [4.78, 5) is 2.37. The molecule has 0 aliphatic carbocycles. The highest BCUT2D eigenvalue weighted by atomic mass is 16.5. The molecular weight excluding hydrogens is 368 g/mol. The zero-order valence-corrected chi connectivity index (χ0v) is 16.4. The number of hydrogen-bond donors (Lipinski definition) is 0. The molecule has 3 aromatic heterocycles. The Balaban J connectivity index is 1.40. The Morgan fingerprint density at radius 3 is 2.83 bits per heavy atom. The molecule has 1 aliphatic heterocycles. The van der Waals surface area contributed by atoms with Crippen LogP contribution in [0.15, 0.2) is 51.7 Å². The number of aryl methyl sites for hydroxylation is 2. The predicted octanol–water partition coefficient (Wildman–Crippen LogP) is 3.77. The molecule has 29 heavy (non-hydrogen) atoms. The third-order valence-electron chi connectivity index (χ3n) is 5.40. The minimum absolute atomic E-state index is 0.330. The van der Waals surface area contributed by atoms with Crippen molar-refractivity contribution in [2.45, 2.75) is 32.4 Å². The minimum Gasteiger partial charge on any atom is -0.419 e. The molecule has 5 rings (SSSR count). The molecule has 0 N–H and O–H groups in total. The van der Waals surface area contributed by atoms with Gasteiger partial charge in [0.05, 0.1) is 12.7 Å². The third-order valence-corrected chi connectivity index (χ3v) is 5.40. The van der Waals surface area contributed by atoms with Crippen LogP contribution in [0.1, 0.15) is 36.1 Å². The van der Waals surface area contributed by atoms with Crippen LogP contribution in [0.2, 0.25) is 0 Å². The van der Waals surface area contributed by atoms with E-state index in [-0.39, 0.29) is 0 Å². The summed E-state index contributed by atoms with van der Waals surface area (Å²) in [5, 5.41) is 17.1. The van der Waals surface area contributed by atoms with E-state index in [1.807, 2.05) is 55.2 Å². The van der Waals surface area contributed by atoms with E-state index >= 15 is 0 Å². The van der Waals surface area contributed by atoms with Crippen LogP contribution in [0.4, 0.5) is 0 Å². The molecule has 1 aliphatic rings. The first-order chi connectivity index (χ1) is 14.2. The lowest BCUT2D eigenvalue weighted by Crippen LogP contribution is -2.22. The van der Waals surface area contributed by atoms with Crippen molar-refractivity contribution in [3.63, 3.8) is 0 Å². The summed E-state index contributed by atoms with van der Waals surface area (Å²) in [6, 6.07) is 10.2. The standard InChI is InChI=1S/C21H22N6O2/c1-14-19(20(25-29-14)15-7-4-3-5-8-15)21-24-23-18(28-21)13-27-10-6-9-17(27)16-11-22-26(2)12-16/h3-5,7-8,11-12,17H,6,9-10,13H2,1-2H3. The van der Waals surface area contributed by atoms with Gasteiger partial charge in [0.25, 0.3) is 5.89 Å². The van der Waals surface area contributed by atoms with Crippen LogP contribution in [0, 0.1) is 6.92 Å². The Hall–Kier alpha value is -3.26. The predicted molar refractivity (Wildman–Crippen MR) is 106 cm³/mol. The summed E-state index contributed by atoms with van der Waals surface area (Å²) in [5.41, 5.74) is 3.65. The fourth-order valence-electron chi connectivity index (χ4n) is 4.01. The highest BCUT2D eigenvalue weighted by molar-refractivity contribution is 5.77. The average Bonchev–Trinajstić information content (AvgIpc) is 3.50. The van der Waals surface area contributed by atoms with Gasteiger partial charge in [-0.25, -0.2) is 0 Å². The number of likely N-dealkylation sites (tertiary alicyclic amines) is 1. The van der Waals surface area contributed by atoms with Crippen LogP contribution >= 0.6 is 0 Å². The fourth-order valence-corrected chi connectivity index (χ4v) is 4.01. The first-order valence-corrected chi connectivity index (χ1v) is 9.76. The first-order valence-electron chi connectivity index (χ1n) is 9.76. The fraction of sp³-hybridized carbons (Fsp3) is 0.333. The van der Waals surface area contributed by atoms with Crippen molar-refractivity contribution in [1.82, 2.24) is 30.0 Å². The average molecular weight is 390 g/mol. The van der Waals surface area contributed by atoms with Crippen LogP contribution in [-0.2, 0) is 13.6 Å². The van der Waals surface area contributed by atoms with Crippen molar-refractivity contribution in [3.05, 3.63) is 59.9 Å². The third kappa shape index (κ3) is 3.36. The van der Waals surface area contributed by atoms with Crippen LogP contribution in [0.25, 0.3) is 22.7 Å². The van der Waals surface area contributed by atoms with Gasteiger partial charge < -0.3 is 8.94 Å². The van der Waals surface area contributed by atoms with E-state index < -0.39 is 0 Å². The summed E-state index contributed by atoms with van der Waals surface area (Å²) >= 11 is 0. The second kappa shape index (κ2) is 7.29. The summed E-state index contributed by atoms with van der Waals surface area (Å²) in [6.45, 7) is 3.47. The van der Waals surface area contributed by atoms with Gasteiger partial charge in [-0.3, -0.25) is 9.58 Å². The van der Waals surface area contributed by atoms with Gasteiger partial charge in [-0.2, -0.15) is 5.10 Å². The number of rotatable bonds is 5. The van der Waals surface area contributed by atoms with Crippen molar-refractivity contribution < 1.29 is 8.94 Å². The Morgan fingerprint density at radius 1 is 1.17 bits per heavy atom. The normalized spacial score (nSPS) is 17.2. The molecule has 148 valence electrons. The van der Waals surface area contributed by atoms with Gasteiger partial charge in [-0.05, 0) is 26.3 Å². The lowest BCUT2D eigenvalue weighted by atomic mass is 10.1. The molecular formula is C21H22N6O2. The Kier molecular flexibility index (Phi) is 4.48. The zero-order chi connectivity index (χ0) is 19.8. The van der Waals surface area contributed by atoms with Gasteiger partial charge in [0.15, 0.2) is 0 Å². The van der Waals surface area contributed by atoms with E-state index in [9.17, 15) is 0 Å². The van der Waals surface area contributed by atoms with Crippen LogP contribution < -0.4 is 0 Å². The number of nitrogens with zero attached hydrogens (tertiary/aromatic N) is 6. The SMILES string of the molecule is Cc1onc(-c2ccccc2)c1-c1nnc(CN2CCCC2c2cnn(C)c2)o1. The smallest absolute Gasteiger partial charge is 0.253 e. The summed E-state index contributed by atoms with van der Waals surface area (Å²) in [7, 11) is 1.94. The maximum Gasteiger partial charge on any atom is 0.253 e. The minimum atomic E-state index is 0.330. The van der Waals surface area contributed by atoms with E-state index in [2.05, 4.69) is 31.5 Å². The molecule has 0 saturated carbocycles. The molecule has 4 aromatic rings. The van der Waals surface area contributed by atoms with Crippen LogP contribution in [0.3, 0.4) is 0 Å². The van der Waals surface area contributed by atoms with Gasteiger partial charge in [0.2, 0.25) is 5.89 Å². The molecule has 4 heterocycles. The second-order valence-corrected chi connectivity index (χ2v) is 7.41.